The normalized spacial score (nSPS) is 14.4. The number of halogens is 6. The number of fused-ring (bicyclic) bond motifs is 2. The summed E-state index contributed by atoms with van der Waals surface area (Å²) in [5, 5.41) is 36.8. The molecular weight excluding hydrogens is 486 g/mol. The second kappa shape index (κ2) is 7.36. The largest absolute Gasteiger partial charge is 0.478 e. The zero-order chi connectivity index (χ0) is 26.0. The third-order valence-corrected chi connectivity index (χ3v) is 5.02. The van der Waals surface area contributed by atoms with E-state index in [-0.39, 0.29) is 24.3 Å². The second-order valence-corrected chi connectivity index (χ2v) is 6.86. The van der Waals surface area contributed by atoms with E-state index in [0.717, 1.165) is 0 Å². The molecule has 0 radical (unpaired) electrons. The minimum atomic E-state index is -6.37. The summed E-state index contributed by atoms with van der Waals surface area (Å²) in [5.41, 5.74) is -14.4. The average Bonchev–Trinajstić information content (AvgIpc) is 2.67. The molecule has 0 atom stereocenters. The number of carboxylic acids is 4. The number of hydrogen-bond donors (Lipinski definition) is 4. The smallest absolute Gasteiger partial charge is 0.411 e. The molecule has 2 aromatic rings. The zero-order valence-corrected chi connectivity index (χ0v) is 15.9. The summed E-state index contributed by atoms with van der Waals surface area (Å²) in [6.07, 6.45) is -12.7. The van der Waals surface area contributed by atoms with Crippen LogP contribution < -0.4 is 4.74 Å². The standard InChI is InChI=1S/C19H8F6O9/c20-18(21,22)17(19(23,24)25)9-3-6(14(28)29)7(15(30)31)4-11(9)34-12-8(16(32)33)1-5(13(26)27)2-10(12)17/h1-4H,(H,26,27)(H,28,29)(H,30,31)(H,32,33). The molecule has 0 saturated heterocycles. The number of hydrogen-bond acceptors (Lipinski definition) is 5. The van der Waals surface area contributed by atoms with E-state index < -0.39 is 86.5 Å². The molecule has 180 valence electrons. The van der Waals surface area contributed by atoms with Gasteiger partial charge in [0.25, 0.3) is 0 Å². The van der Waals surface area contributed by atoms with Crippen molar-refractivity contribution in [1.29, 1.82) is 0 Å². The lowest BCUT2D eigenvalue weighted by molar-refractivity contribution is -0.290. The number of carboxylic acid groups (broad SMARTS) is 4. The van der Waals surface area contributed by atoms with Gasteiger partial charge in [-0.2, -0.15) is 26.3 Å². The van der Waals surface area contributed by atoms with Crippen molar-refractivity contribution < 1.29 is 70.7 Å². The molecule has 3 rings (SSSR count). The summed E-state index contributed by atoms with van der Waals surface area (Å²) in [6.45, 7) is 0. The average molecular weight is 494 g/mol. The number of ether oxygens (including phenoxy) is 1. The Labute approximate surface area is 182 Å². The van der Waals surface area contributed by atoms with Crippen LogP contribution in [-0.4, -0.2) is 56.7 Å². The van der Waals surface area contributed by atoms with Crippen LogP contribution in [0.3, 0.4) is 0 Å². The van der Waals surface area contributed by atoms with Gasteiger partial charge < -0.3 is 25.2 Å². The Hall–Kier alpha value is -4.30. The molecule has 0 aromatic heterocycles. The predicted molar refractivity (Wildman–Crippen MR) is 93.7 cm³/mol. The van der Waals surface area contributed by atoms with E-state index in [1.165, 1.54) is 0 Å². The fourth-order valence-corrected chi connectivity index (χ4v) is 3.64. The van der Waals surface area contributed by atoms with E-state index >= 15 is 0 Å². The van der Waals surface area contributed by atoms with Gasteiger partial charge in [-0.1, -0.05) is 0 Å². The van der Waals surface area contributed by atoms with Crippen molar-refractivity contribution in [3.8, 4) is 11.5 Å². The highest BCUT2D eigenvalue weighted by molar-refractivity contribution is 6.03. The van der Waals surface area contributed by atoms with Gasteiger partial charge in [0.05, 0.1) is 16.7 Å². The van der Waals surface area contributed by atoms with Gasteiger partial charge in [0.15, 0.2) is 0 Å². The van der Waals surface area contributed by atoms with Crippen LogP contribution in [0, 0.1) is 0 Å². The first-order chi connectivity index (χ1) is 15.4. The molecule has 1 aliphatic heterocycles. The Balaban J connectivity index is 2.67. The van der Waals surface area contributed by atoms with Crippen molar-refractivity contribution in [2.45, 2.75) is 17.8 Å². The van der Waals surface area contributed by atoms with Crippen LogP contribution in [0.25, 0.3) is 0 Å². The van der Waals surface area contributed by atoms with Gasteiger partial charge in [-0.3, -0.25) is 0 Å². The first-order valence-electron chi connectivity index (χ1n) is 8.56. The molecule has 9 nitrogen and oxygen atoms in total. The van der Waals surface area contributed by atoms with E-state index in [9.17, 15) is 60.8 Å². The molecule has 1 heterocycles. The molecule has 0 spiro atoms. The maximum atomic E-state index is 14.4. The monoisotopic (exact) mass is 494 g/mol. The lowest BCUT2D eigenvalue weighted by Crippen LogP contribution is -2.56. The molecule has 2 aromatic carbocycles. The molecule has 4 N–H and O–H groups in total. The maximum Gasteiger partial charge on any atom is 0.411 e. The molecule has 0 unspecified atom stereocenters. The number of alkyl halides is 6. The van der Waals surface area contributed by atoms with Crippen LogP contribution in [0.15, 0.2) is 24.3 Å². The third kappa shape index (κ3) is 3.27. The van der Waals surface area contributed by atoms with Crippen molar-refractivity contribution >= 4 is 23.9 Å². The van der Waals surface area contributed by atoms with Gasteiger partial charge >= 0.3 is 36.2 Å². The topological polar surface area (TPSA) is 158 Å². The van der Waals surface area contributed by atoms with Crippen molar-refractivity contribution in [2.75, 3.05) is 0 Å². The van der Waals surface area contributed by atoms with Crippen molar-refractivity contribution in [3.63, 3.8) is 0 Å². The molecule has 15 heteroatoms. The molecule has 0 bridgehead atoms. The molecule has 0 aliphatic carbocycles. The minimum absolute atomic E-state index is 0.0838. The Morgan fingerprint density at radius 2 is 1.12 bits per heavy atom. The fraction of sp³-hybridized carbons (Fsp3) is 0.158. The number of aromatic carboxylic acids is 4. The van der Waals surface area contributed by atoms with Gasteiger partial charge in [-0.25, -0.2) is 19.2 Å². The molecule has 1 aliphatic rings. The van der Waals surface area contributed by atoms with Crippen molar-refractivity contribution in [1.82, 2.24) is 0 Å². The van der Waals surface area contributed by atoms with E-state index in [1.807, 2.05) is 0 Å². The van der Waals surface area contributed by atoms with E-state index in [1.54, 1.807) is 0 Å². The Kier molecular flexibility index (Phi) is 5.27. The van der Waals surface area contributed by atoms with Crippen LogP contribution >= 0.6 is 0 Å². The molecule has 0 fully saturated rings. The quantitative estimate of drug-likeness (QED) is 0.461. The summed E-state index contributed by atoms with van der Waals surface area (Å²) in [4.78, 5) is 45.7. The van der Waals surface area contributed by atoms with Crippen LogP contribution in [0.4, 0.5) is 26.3 Å². The molecule has 34 heavy (non-hydrogen) atoms. The first-order valence-corrected chi connectivity index (χ1v) is 8.56. The van der Waals surface area contributed by atoms with E-state index in [2.05, 4.69) is 0 Å². The number of carbonyl (C=O) groups is 4. The molecule has 0 amide bonds. The predicted octanol–water partition coefficient (Wildman–Crippen LogP) is 4.00. The summed E-state index contributed by atoms with van der Waals surface area (Å²) in [5.74, 6) is -11.4. The highest BCUT2D eigenvalue weighted by Crippen LogP contribution is 2.63. The maximum absolute atomic E-state index is 14.4. The minimum Gasteiger partial charge on any atom is -0.478 e. The van der Waals surface area contributed by atoms with Crippen LogP contribution in [-0.2, 0) is 5.41 Å². The Morgan fingerprint density at radius 3 is 1.53 bits per heavy atom. The van der Waals surface area contributed by atoms with Gasteiger partial charge in [0.2, 0.25) is 5.41 Å². The summed E-state index contributed by atoms with van der Waals surface area (Å²) in [6, 6.07) is 0.0707. The highest BCUT2D eigenvalue weighted by Gasteiger charge is 2.75. The summed E-state index contributed by atoms with van der Waals surface area (Å²) >= 11 is 0. The van der Waals surface area contributed by atoms with Crippen LogP contribution in [0.1, 0.15) is 52.6 Å². The van der Waals surface area contributed by atoms with Crippen molar-refractivity contribution in [3.05, 3.63) is 57.6 Å². The second-order valence-electron chi connectivity index (χ2n) is 6.86. The summed E-state index contributed by atoms with van der Waals surface area (Å²) < 4.78 is 91.2. The molecular formula is C19H8F6O9. The van der Waals surface area contributed by atoms with Crippen LogP contribution in [0.5, 0.6) is 11.5 Å². The van der Waals surface area contributed by atoms with Gasteiger partial charge in [-0.05, 0) is 24.3 Å². The highest BCUT2D eigenvalue weighted by atomic mass is 19.4. The first kappa shape index (κ1) is 24.3. The SMILES string of the molecule is O=C(O)c1cc(C(=O)O)c2c(c1)C(C(F)(F)F)(C(F)(F)F)c1cc(C(=O)O)c(C(=O)O)cc1O2. The van der Waals surface area contributed by atoms with Gasteiger partial charge in [-0.15, -0.1) is 0 Å². The zero-order valence-electron chi connectivity index (χ0n) is 15.9. The van der Waals surface area contributed by atoms with Gasteiger partial charge in [0, 0.05) is 11.1 Å². The van der Waals surface area contributed by atoms with E-state index in [4.69, 9.17) is 9.84 Å². The Morgan fingerprint density at radius 1 is 0.647 bits per heavy atom. The van der Waals surface area contributed by atoms with Crippen LogP contribution in [0.2, 0.25) is 0 Å². The number of rotatable bonds is 4. The Bertz CT molecular complexity index is 1260. The molecule has 0 saturated carbocycles. The lowest BCUT2D eigenvalue weighted by atomic mass is 9.69. The van der Waals surface area contributed by atoms with E-state index in [0.29, 0.717) is 0 Å². The van der Waals surface area contributed by atoms with Gasteiger partial charge in [0.1, 0.15) is 17.1 Å². The van der Waals surface area contributed by atoms with Crippen molar-refractivity contribution in [2.24, 2.45) is 0 Å². The third-order valence-electron chi connectivity index (χ3n) is 5.02. The summed E-state index contributed by atoms with van der Waals surface area (Å²) in [7, 11) is 0. The lowest BCUT2D eigenvalue weighted by Gasteiger charge is -2.42. The number of benzene rings is 2. The fourth-order valence-electron chi connectivity index (χ4n) is 3.64.